The van der Waals surface area contributed by atoms with E-state index in [2.05, 4.69) is 11.1 Å². The minimum absolute atomic E-state index is 0.140. The second kappa shape index (κ2) is 11.2. The van der Waals surface area contributed by atoms with Crippen LogP contribution in [-0.2, 0) is 16.0 Å². The topological polar surface area (TPSA) is 98.7 Å². The number of thiazole rings is 2. The monoisotopic (exact) mass is 533 g/mol. The molecule has 188 valence electrons. The Morgan fingerprint density at radius 2 is 1.95 bits per heavy atom. The van der Waals surface area contributed by atoms with E-state index in [1.807, 2.05) is 24.3 Å². The summed E-state index contributed by atoms with van der Waals surface area (Å²) < 4.78 is 14.1. The van der Waals surface area contributed by atoms with Crippen LogP contribution in [0.2, 0.25) is 0 Å². The van der Waals surface area contributed by atoms with Crippen LogP contribution in [-0.4, -0.2) is 55.5 Å². The van der Waals surface area contributed by atoms with E-state index in [-0.39, 0.29) is 5.56 Å². The molecule has 37 heavy (non-hydrogen) atoms. The van der Waals surface area contributed by atoms with Gasteiger partial charge in [0.2, 0.25) is 0 Å². The second-order valence-electron chi connectivity index (χ2n) is 8.57. The van der Waals surface area contributed by atoms with Gasteiger partial charge in [0.1, 0.15) is 34.4 Å². The highest BCUT2D eigenvalue weighted by Gasteiger charge is 2.18. The van der Waals surface area contributed by atoms with Crippen molar-refractivity contribution in [1.82, 2.24) is 9.55 Å². The van der Waals surface area contributed by atoms with Gasteiger partial charge in [0.25, 0.3) is 5.56 Å². The van der Waals surface area contributed by atoms with Crippen molar-refractivity contribution < 1.29 is 19.2 Å². The predicted molar refractivity (Wildman–Crippen MR) is 143 cm³/mol. The Bertz CT molecular complexity index is 1620. The van der Waals surface area contributed by atoms with Gasteiger partial charge < -0.3 is 14.4 Å². The van der Waals surface area contributed by atoms with Crippen LogP contribution in [0, 0.1) is 11.3 Å². The number of fused-ring (bicyclic) bond motifs is 1. The summed E-state index contributed by atoms with van der Waals surface area (Å²) in [6.07, 6.45) is 1.79. The molecule has 0 radical (unpaired) electrons. The van der Waals surface area contributed by atoms with Crippen LogP contribution in [0.5, 0.6) is 0 Å². The first-order valence-electron chi connectivity index (χ1n) is 11.9. The van der Waals surface area contributed by atoms with E-state index < -0.39 is 5.97 Å². The highest BCUT2D eigenvalue weighted by molar-refractivity contribution is 7.19. The molecule has 1 N–H and O–H groups in total. The maximum absolute atomic E-state index is 13.6. The fourth-order valence-electron chi connectivity index (χ4n) is 4.24. The number of quaternary nitrogens is 1. The van der Waals surface area contributed by atoms with Gasteiger partial charge in [0.15, 0.2) is 0 Å². The molecule has 5 rings (SSSR count). The first kappa shape index (κ1) is 25.0. The lowest BCUT2D eigenvalue weighted by Gasteiger charge is -2.23. The Hall–Kier alpha value is -3.62. The molecule has 10 heteroatoms. The van der Waals surface area contributed by atoms with Crippen LogP contribution in [0.15, 0.2) is 53.3 Å². The van der Waals surface area contributed by atoms with Crippen molar-refractivity contribution in [2.45, 2.75) is 6.54 Å². The Balaban J connectivity index is 1.62. The number of benzene rings is 2. The first-order valence-corrected chi connectivity index (χ1v) is 13.5. The number of nitrogens with zero attached hydrogens (tertiary/aromatic N) is 3. The summed E-state index contributed by atoms with van der Waals surface area (Å²) in [7, 11) is 1.34. The number of esters is 1. The third-order valence-corrected chi connectivity index (χ3v) is 8.44. The van der Waals surface area contributed by atoms with Crippen molar-refractivity contribution in [1.29, 1.82) is 5.26 Å². The van der Waals surface area contributed by atoms with Gasteiger partial charge in [-0.3, -0.25) is 9.36 Å². The van der Waals surface area contributed by atoms with Crippen molar-refractivity contribution in [3.63, 3.8) is 0 Å². The Kier molecular flexibility index (Phi) is 7.58. The number of morpholine rings is 1. The minimum Gasteiger partial charge on any atom is -0.465 e. The van der Waals surface area contributed by atoms with Crippen molar-refractivity contribution in [3.8, 4) is 6.07 Å². The molecule has 1 aliphatic heterocycles. The van der Waals surface area contributed by atoms with Crippen LogP contribution in [0.1, 0.15) is 20.9 Å². The average Bonchev–Trinajstić information content (AvgIpc) is 3.49. The molecule has 0 unspecified atom stereocenters. The number of methoxy groups -OCH3 is 1. The summed E-state index contributed by atoms with van der Waals surface area (Å²) in [4.78, 5) is 31.4. The van der Waals surface area contributed by atoms with Crippen LogP contribution < -0.4 is 19.7 Å². The lowest BCUT2D eigenvalue weighted by molar-refractivity contribution is -0.908. The molecule has 1 fully saturated rings. The lowest BCUT2D eigenvalue weighted by Crippen LogP contribution is -3.14. The first-order chi connectivity index (χ1) is 18.1. The number of hydrogen-bond donors (Lipinski definition) is 1. The highest BCUT2D eigenvalue weighted by atomic mass is 32.1. The van der Waals surface area contributed by atoms with Gasteiger partial charge in [-0.2, -0.15) is 5.26 Å². The summed E-state index contributed by atoms with van der Waals surface area (Å²) in [6, 6.07) is 17.0. The van der Waals surface area contributed by atoms with E-state index in [0.29, 0.717) is 45.1 Å². The number of carbonyl (C=O) groups excluding carboxylic acids is 1. The number of nitrogens with one attached hydrogen (secondary N) is 1. The summed E-state index contributed by atoms with van der Waals surface area (Å²) in [5.74, 6) is -0.415. The maximum atomic E-state index is 13.6. The second-order valence-corrected chi connectivity index (χ2v) is 10.6. The number of ether oxygens (including phenoxy) is 2. The summed E-state index contributed by atoms with van der Waals surface area (Å²) in [6.45, 7) is 4.47. The minimum atomic E-state index is -0.415. The fraction of sp³-hybridized carbons (Fsp3) is 0.259. The quantitative estimate of drug-likeness (QED) is 0.368. The number of rotatable bonds is 6. The number of hydrogen-bond acceptors (Lipinski definition) is 8. The zero-order valence-corrected chi connectivity index (χ0v) is 21.9. The molecule has 0 bridgehead atoms. The van der Waals surface area contributed by atoms with Crippen LogP contribution in [0.25, 0.3) is 21.9 Å². The van der Waals surface area contributed by atoms with Crippen molar-refractivity contribution >= 4 is 50.5 Å². The van der Waals surface area contributed by atoms with Gasteiger partial charge >= 0.3 is 5.97 Å². The van der Waals surface area contributed by atoms with E-state index in [9.17, 15) is 14.9 Å². The smallest absolute Gasteiger partial charge is 0.337 e. The molecule has 0 spiro atoms. The molecule has 3 heterocycles. The number of aromatic nitrogens is 2. The Morgan fingerprint density at radius 3 is 2.65 bits per heavy atom. The predicted octanol–water partition coefficient (Wildman–Crippen LogP) is 0.773. The molecule has 0 amide bonds. The standard InChI is InChI=1S/C27H24N4O4S2/c1-34-27(33)19-8-6-18(7-9-19)16-23-25(32)31(11-10-30-12-14-35-15-13-30)26(37-23)20(17-28)24-29-21-4-2-3-5-22(21)36-24/h2-9,16H,10-15H2,1H3/p+1/b23-16+,26-20+. The van der Waals surface area contributed by atoms with Crippen molar-refractivity contribution in [2.75, 3.05) is 40.0 Å². The Morgan fingerprint density at radius 1 is 1.19 bits per heavy atom. The zero-order valence-electron chi connectivity index (χ0n) is 20.2. The van der Waals surface area contributed by atoms with E-state index in [1.165, 1.54) is 34.7 Å². The van der Waals surface area contributed by atoms with Gasteiger partial charge in [0, 0.05) is 0 Å². The van der Waals surface area contributed by atoms with Gasteiger partial charge in [-0.05, 0) is 35.9 Å². The number of nitriles is 1. The Labute approximate surface area is 220 Å². The van der Waals surface area contributed by atoms with Gasteiger partial charge in [-0.15, -0.1) is 22.7 Å². The molecule has 4 aromatic rings. The van der Waals surface area contributed by atoms with E-state index >= 15 is 0 Å². The van der Waals surface area contributed by atoms with Gasteiger partial charge in [-0.25, -0.2) is 9.78 Å². The summed E-state index contributed by atoms with van der Waals surface area (Å²) in [5, 5.41) is 10.8. The molecule has 8 nitrogen and oxygen atoms in total. The van der Waals surface area contributed by atoms with Crippen LogP contribution in [0.3, 0.4) is 0 Å². The lowest BCUT2D eigenvalue weighted by atomic mass is 10.1. The van der Waals surface area contributed by atoms with Gasteiger partial charge in [0.05, 0.1) is 53.7 Å². The molecule has 2 aromatic heterocycles. The van der Waals surface area contributed by atoms with E-state index in [1.54, 1.807) is 34.9 Å². The highest BCUT2D eigenvalue weighted by Crippen LogP contribution is 2.25. The fourth-order valence-corrected chi connectivity index (χ4v) is 6.40. The molecular weight excluding hydrogens is 508 g/mol. The van der Waals surface area contributed by atoms with Crippen LogP contribution in [0.4, 0.5) is 0 Å². The van der Waals surface area contributed by atoms with Crippen molar-refractivity contribution in [3.05, 3.63) is 84.2 Å². The third-order valence-electron chi connectivity index (χ3n) is 6.26. The molecular formula is C27H25N4O4S2+. The SMILES string of the molecule is COC(=O)c1ccc(/C=c2/s/c(=C(\C#N)c3nc4ccccc4s3)n(CC[NH+]3CCOCC3)c2=O)cc1. The average molecular weight is 534 g/mol. The molecule has 2 aromatic carbocycles. The summed E-state index contributed by atoms with van der Waals surface area (Å²) >= 11 is 2.75. The normalized spacial score (nSPS) is 15.5. The molecule has 1 aliphatic rings. The molecule has 0 saturated carbocycles. The number of carbonyl (C=O) groups is 1. The summed E-state index contributed by atoms with van der Waals surface area (Å²) in [5.41, 5.74) is 2.31. The third kappa shape index (κ3) is 5.40. The van der Waals surface area contributed by atoms with Crippen LogP contribution >= 0.6 is 22.7 Å². The van der Waals surface area contributed by atoms with E-state index in [0.717, 1.165) is 35.4 Å². The zero-order chi connectivity index (χ0) is 25.8. The molecule has 0 atom stereocenters. The molecule has 1 saturated heterocycles. The maximum Gasteiger partial charge on any atom is 0.337 e. The number of para-hydroxylation sites is 1. The van der Waals surface area contributed by atoms with Crippen molar-refractivity contribution in [2.24, 2.45) is 0 Å². The largest absolute Gasteiger partial charge is 0.465 e. The van der Waals surface area contributed by atoms with E-state index in [4.69, 9.17) is 9.47 Å². The molecule has 0 aliphatic carbocycles. The van der Waals surface area contributed by atoms with Gasteiger partial charge in [-0.1, -0.05) is 24.3 Å².